The molecular formula is C14H19NO9. The van der Waals surface area contributed by atoms with Crippen molar-refractivity contribution in [3.8, 4) is 0 Å². The van der Waals surface area contributed by atoms with Crippen LogP contribution >= 0.6 is 0 Å². The number of methoxy groups -OCH3 is 3. The van der Waals surface area contributed by atoms with Crippen LogP contribution in [0.1, 0.15) is 13.3 Å². The maximum atomic E-state index is 12.2. The molecule has 0 aromatic rings. The molecule has 0 N–H and O–H groups in total. The van der Waals surface area contributed by atoms with Crippen LogP contribution in [0.4, 0.5) is 0 Å². The van der Waals surface area contributed by atoms with E-state index in [1.54, 1.807) is 0 Å². The molecule has 2 aliphatic rings. The van der Waals surface area contributed by atoms with Gasteiger partial charge in [0.05, 0.1) is 27.4 Å². The molecule has 0 aromatic heterocycles. The number of Topliss-reactive ketones (excluding diaryl/α,β-unsaturated/α-hetero) is 1. The molecule has 10 nitrogen and oxygen atoms in total. The lowest BCUT2D eigenvalue weighted by atomic mass is 9.81. The summed E-state index contributed by atoms with van der Waals surface area (Å²) in [5, 5.41) is 0.901. The van der Waals surface area contributed by atoms with E-state index in [-0.39, 0.29) is 12.2 Å². The standard InChI is InChI=1S/C14H19NO9/c1-6(16)5-7-9-8(12(17)20-2)11(14(19)22-4)24-15(9)23-10(7)13(18)21-3/h7-11H,5H2,1-4H3/t7-,8-,9-,10-,11+/m1/s1. The van der Waals surface area contributed by atoms with E-state index in [1.807, 2.05) is 0 Å². The molecule has 0 spiro atoms. The van der Waals surface area contributed by atoms with Gasteiger partial charge in [0.25, 0.3) is 0 Å². The van der Waals surface area contributed by atoms with Gasteiger partial charge in [-0.2, -0.15) is 0 Å². The van der Waals surface area contributed by atoms with Gasteiger partial charge >= 0.3 is 17.9 Å². The molecule has 0 amide bonds. The van der Waals surface area contributed by atoms with Gasteiger partial charge in [0.2, 0.25) is 0 Å². The number of ketones is 1. The largest absolute Gasteiger partial charge is 0.469 e. The molecule has 2 aliphatic heterocycles. The Morgan fingerprint density at radius 3 is 1.88 bits per heavy atom. The van der Waals surface area contributed by atoms with Crippen molar-refractivity contribution in [3.63, 3.8) is 0 Å². The van der Waals surface area contributed by atoms with Gasteiger partial charge in [0.1, 0.15) is 11.7 Å². The predicted octanol–water partition coefficient (Wildman–Crippen LogP) is -0.985. The molecule has 134 valence electrons. The van der Waals surface area contributed by atoms with Gasteiger partial charge in [-0.15, -0.1) is 0 Å². The number of hydroxylamine groups is 2. The minimum atomic E-state index is -1.29. The van der Waals surface area contributed by atoms with Crippen LogP contribution in [-0.4, -0.2) is 68.5 Å². The zero-order valence-corrected chi connectivity index (χ0v) is 13.7. The first-order chi connectivity index (χ1) is 11.3. The topological polar surface area (TPSA) is 118 Å². The lowest BCUT2D eigenvalue weighted by Gasteiger charge is -2.22. The molecule has 2 heterocycles. The van der Waals surface area contributed by atoms with Crippen molar-refractivity contribution in [2.45, 2.75) is 31.6 Å². The summed E-state index contributed by atoms with van der Waals surface area (Å²) in [5.74, 6) is -4.31. The van der Waals surface area contributed by atoms with E-state index in [0.717, 1.165) is 19.4 Å². The van der Waals surface area contributed by atoms with Crippen molar-refractivity contribution in [2.24, 2.45) is 11.8 Å². The molecule has 10 heteroatoms. The maximum Gasteiger partial charge on any atom is 0.338 e. The summed E-state index contributed by atoms with van der Waals surface area (Å²) in [4.78, 5) is 58.2. The molecule has 2 rings (SSSR count). The highest BCUT2D eigenvalue weighted by Gasteiger charge is 2.63. The lowest BCUT2D eigenvalue weighted by molar-refractivity contribution is -0.350. The summed E-state index contributed by atoms with van der Waals surface area (Å²) in [6, 6.07) is -0.866. The van der Waals surface area contributed by atoms with E-state index in [1.165, 1.54) is 14.0 Å². The Bertz CT molecular complexity index is 548. The van der Waals surface area contributed by atoms with Crippen LogP contribution in [0.2, 0.25) is 0 Å². The smallest absolute Gasteiger partial charge is 0.338 e. The molecular weight excluding hydrogens is 326 g/mol. The first kappa shape index (κ1) is 18.3. The summed E-state index contributed by atoms with van der Waals surface area (Å²) < 4.78 is 14.0. The second-order valence-electron chi connectivity index (χ2n) is 5.49. The minimum absolute atomic E-state index is 0.0638. The summed E-state index contributed by atoms with van der Waals surface area (Å²) in [6.07, 6.45) is -2.48. The molecule has 0 bridgehead atoms. The van der Waals surface area contributed by atoms with Crippen molar-refractivity contribution >= 4 is 23.7 Å². The van der Waals surface area contributed by atoms with Gasteiger partial charge in [-0.25, -0.2) is 9.59 Å². The Hall–Kier alpha value is -2.04. The van der Waals surface area contributed by atoms with Crippen LogP contribution in [0.15, 0.2) is 0 Å². The third-order valence-electron chi connectivity index (χ3n) is 4.06. The highest BCUT2D eigenvalue weighted by molar-refractivity contribution is 5.86. The zero-order chi connectivity index (χ0) is 18.0. The van der Waals surface area contributed by atoms with Crippen LogP contribution in [0.5, 0.6) is 0 Å². The van der Waals surface area contributed by atoms with E-state index < -0.39 is 48.0 Å². The second-order valence-corrected chi connectivity index (χ2v) is 5.49. The Labute approximate surface area is 137 Å². The second kappa shape index (κ2) is 7.24. The van der Waals surface area contributed by atoms with Crippen LogP contribution in [-0.2, 0) is 43.1 Å². The molecule has 2 saturated heterocycles. The third-order valence-corrected chi connectivity index (χ3v) is 4.06. The summed E-state index contributed by atoms with van der Waals surface area (Å²) >= 11 is 0. The quantitative estimate of drug-likeness (QED) is 0.454. The maximum absolute atomic E-state index is 12.2. The first-order valence-electron chi connectivity index (χ1n) is 7.21. The highest BCUT2D eigenvalue weighted by Crippen LogP contribution is 2.43. The summed E-state index contributed by atoms with van der Waals surface area (Å²) in [7, 11) is 3.48. The Morgan fingerprint density at radius 1 is 0.875 bits per heavy atom. The molecule has 0 radical (unpaired) electrons. The molecule has 0 unspecified atom stereocenters. The number of esters is 3. The number of hydrogen-bond acceptors (Lipinski definition) is 10. The van der Waals surface area contributed by atoms with E-state index in [4.69, 9.17) is 14.4 Å². The molecule has 2 fully saturated rings. The summed E-state index contributed by atoms with van der Waals surface area (Å²) in [5.41, 5.74) is 0. The fourth-order valence-corrected chi connectivity index (χ4v) is 3.04. The van der Waals surface area contributed by atoms with Gasteiger partial charge in [-0.1, -0.05) is 5.23 Å². The molecule has 0 aromatic carbocycles. The van der Waals surface area contributed by atoms with Crippen LogP contribution in [0.25, 0.3) is 0 Å². The molecule has 5 atom stereocenters. The number of nitrogens with zero attached hydrogens (tertiary/aromatic N) is 1. The Morgan fingerprint density at radius 2 is 1.38 bits per heavy atom. The van der Waals surface area contributed by atoms with Crippen LogP contribution < -0.4 is 0 Å². The van der Waals surface area contributed by atoms with Crippen molar-refractivity contribution in [1.82, 2.24) is 5.23 Å². The number of carbonyl (C=O) groups is 4. The first-order valence-corrected chi connectivity index (χ1v) is 7.21. The lowest BCUT2D eigenvalue weighted by Crippen LogP contribution is -2.44. The van der Waals surface area contributed by atoms with Crippen molar-refractivity contribution in [2.75, 3.05) is 21.3 Å². The number of rotatable bonds is 5. The van der Waals surface area contributed by atoms with E-state index in [2.05, 4.69) is 9.47 Å². The van der Waals surface area contributed by atoms with Gasteiger partial charge < -0.3 is 19.0 Å². The van der Waals surface area contributed by atoms with Crippen molar-refractivity contribution in [1.29, 1.82) is 0 Å². The van der Waals surface area contributed by atoms with Gasteiger partial charge in [-0.05, 0) is 6.92 Å². The Kier molecular flexibility index (Phi) is 5.52. The average molecular weight is 345 g/mol. The van der Waals surface area contributed by atoms with E-state index in [9.17, 15) is 19.2 Å². The molecule has 0 aliphatic carbocycles. The predicted molar refractivity (Wildman–Crippen MR) is 73.7 cm³/mol. The van der Waals surface area contributed by atoms with Gasteiger partial charge in [-0.3, -0.25) is 14.5 Å². The average Bonchev–Trinajstić information content (AvgIpc) is 3.09. The number of carbonyl (C=O) groups excluding carboxylic acids is 4. The van der Waals surface area contributed by atoms with E-state index in [0.29, 0.717) is 0 Å². The number of hydrogen-bond donors (Lipinski definition) is 0. The number of ether oxygens (including phenoxy) is 3. The van der Waals surface area contributed by atoms with Crippen molar-refractivity contribution in [3.05, 3.63) is 0 Å². The summed E-state index contributed by atoms with van der Waals surface area (Å²) in [6.45, 7) is 1.34. The molecule has 24 heavy (non-hydrogen) atoms. The van der Waals surface area contributed by atoms with E-state index >= 15 is 0 Å². The van der Waals surface area contributed by atoms with Gasteiger partial charge in [0, 0.05) is 12.3 Å². The van der Waals surface area contributed by atoms with Crippen molar-refractivity contribution < 1.29 is 43.1 Å². The zero-order valence-electron chi connectivity index (χ0n) is 13.7. The highest BCUT2D eigenvalue weighted by atomic mass is 17.0. The van der Waals surface area contributed by atoms with Crippen LogP contribution in [0.3, 0.4) is 0 Å². The molecule has 0 saturated carbocycles. The van der Waals surface area contributed by atoms with Gasteiger partial charge in [0.15, 0.2) is 12.2 Å². The third kappa shape index (κ3) is 3.12. The van der Waals surface area contributed by atoms with Crippen LogP contribution in [0, 0.1) is 11.8 Å². The fraction of sp³-hybridized carbons (Fsp3) is 0.714. The minimum Gasteiger partial charge on any atom is -0.469 e. The number of fused-ring (bicyclic) bond motifs is 1. The fourth-order valence-electron chi connectivity index (χ4n) is 3.04. The monoisotopic (exact) mass is 345 g/mol. The Balaban J connectivity index is 2.38. The SMILES string of the molecule is COC(=O)[C@@H]1[C@H]2[C@@H](CC(C)=O)[C@H](C(=O)OC)ON2O[C@@H]1C(=O)OC. The normalized spacial score (nSPS) is 32.1.